The van der Waals surface area contributed by atoms with E-state index in [-0.39, 0.29) is 21.5 Å². The van der Waals surface area contributed by atoms with E-state index in [0.29, 0.717) is 15.3 Å². The first-order chi connectivity index (χ1) is 10.9. The van der Waals surface area contributed by atoms with Gasteiger partial charge in [0.25, 0.3) is 11.6 Å². The zero-order valence-electron chi connectivity index (χ0n) is 11.2. The van der Waals surface area contributed by atoms with Crippen LogP contribution in [-0.2, 0) is 0 Å². The van der Waals surface area contributed by atoms with Gasteiger partial charge in [-0.3, -0.25) is 20.2 Å². The van der Waals surface area contributed by atoms with Crippen LogP contribution in [0.25, 0.3) is 10.2 Å². The highest BCUT2D eigenvalue weighted by atomic mass is 79.9. The summed E-state index contributed by atoms with van der Waals surface area (Å²) in [7, 11) is 0. The molecule has 116 valence electrons. The van der Waals surface area contributed by atoms with Crippen molar-refractivity contribution in [3.05, 3.63) is 62.4 Å². The van der Waals surface area contributed by atoms with E-state index in [4.69, 9.17) is 0 Å². The molecule has 0 unspecified atom stereocenters. The zero-order chi connectivity index (χ0) is 16.6. The minimum atomic E-state index is -0.582. The van der Waals surface area contributed by atoms with Gasteiger partial charge < -0.3 is 0 Å². The van der Waals surface area contributed by atoms with E-state index in [9.17, 15) is 19.3 Å². The Balaban J connectivity index is 1.88. The molecule has 1 amide bonds. The van der Waals surface area contributed by atoms with Crippen molar-refractivity contribution in [2.45, 2.75) is 0 Å². The van der Waals surface area contributed by atoms with Crippen molar-refractivity contribution in [3.8, 4) is 0 Å². The van der Waals surface area contributed by atoms with Gasteiger partial charge in [0.05, 0.1) is 19.6 Å². The number of carbonyl (C=O) groups excluding carboxylic acids is 1. The van der Waals surface area contributed by atoms with Crippen LogP contribution in [0, 0.1) is 15.9 Å². The lowest BCUT2D eigenvalue weighted by Crippen LogP contribution is -2.11. The molecule has 0 radical (unpaired) electrons. The third kappa shape index (κ3) is 3.20. The van der Waals surface area contributed by atoms with Crippen molar-refractivity contribution in [2.24, 2.45) is 0 Å². The van der Waals surface area contributed by atoms with Gasteiger partial charge in [-0.25, -0.2) is 9.37 Å². The smallest absolute Gasteiger partial charge is 0.284 e. The summed E-state index contributed by atoms with van der Waals surface area (Å²) in [5, 5.41) is 13.8. The average molecular weight is 396 g/mol. The molecule has 3 aromatic rings. The minimum absolute atomic E-state index is 0.130. The molecule has 0 saturated carbocycles. The maximum absolute atomic E-state index is 13.2. The number of anilines is 1. The number of hydrogen-bond acceptors (Lipinski definition) is 5. The molecule has 23 heavy (non-hydrogen) atoms. The van der Waals surface area contributed by atoms with Crippen LogP contribution in [0.15, 0.2) is 40.9 Å². The van der Waals surface area contributed by atoms with Crippen molar-refractivity contribution in [1.29, 1.82) is 0 Å². The van der Waals surface area contributed by atoms with Crippen molar-refractivity contribution >= 4 is 54.2 Å². The van der Waals surface area contributed by atoms with Crippen molar-refractivity contribution < 1.29 is 14.1 Å². The second-order valence-corrected chi connectivity index (χ2v) is 6.39. The minimum Gasteiger partial charge on any atom is -0.298 e. The Morgan fingerprint density at radius 2 is 2.09 bits per heavy atom. The van der Waals surface area contributed by atoms with Gasteiger partial charge in [-0.2, -0.15) is 0 Å². The molecular formula is C14H7BrFN3O3S. The van der Waals surface area contributed by atoms with Gasteiger partial charge >= 0.3 is 0 Å². The fraction of sp³-hybridized carbons (Fsp3) is 0. The molecule has 0 fully saturated rings. The van der Waals surface area contributed by atoms with Crippen molar-refractivity contribution in [1.82, 2.24) is 4.98 Å². The third-order valence-electron chi connectivity index (χ3n) is 2.98. The summed E-state index contributed by atoms with van der Waals surface area (Å²) < 4.78 is 14.0. The quantitative estimate of drug-likeness (QED) is 0.527. The number of halogens is 2. The predicted octanol–water partition coefficient (Wildman–Crippen LogP) is 4.36. The van der Waals surface area contributed by atoms with E-state index < -0.39 is 10.8 Å². The van der Waals surface area contributed by atoms with E-state index in [1.54, 1.807) is 0 Å². The average Bonchev–Trinajstić information content (AvgIpc) is 2.88. The number of aromatic nitrogens is 1. The summed E-state index contributed by atoms with van der Waals surface area (Å²) in [6.45, 7) is 0. The summed E-state index contributed by atoms with van der Waals surface area (Å²) in [5.74, 6) is -0.914. The molecule has 9 heteroatoms. The fourth-order valence-corrected chi connectivity index (χ4v) is 3.19. The molecule has 1 heterocycles. The number of nitro benzene ring substituents is 1. The van der Waals surface area contributed by atoms with Gasteiger partial charge in [-0.15, -0.1) is 0 Å². The van der Waals surface area contributed by atoms with Gasteiger partial charge in [0, 0.05) is 11.6 Å². The molecule has 0 aliphatic carbocycles. The first-order valence-electron chi connectivity index (χ1n) is 6.25. The van der Waals surface area contributed by atoms with Crippen LogP contribution in [0.5, 0.6) is 0 Å². The van der Waals surface area contributed by atoms with Crippen molar-refractivity contribution in [3.63, 3.8) is 0 Å². The monoisotopic (exact) mass is 395 g/mol. The van der Waals surface area contributed by atoms with E-state index in [1.807, 2.05) is 0 Å². The van der Waals surface area contributed by atoms with Gasteiger partial charge in [0.1, 0.15) is 5.82 Å². The number of amides is 1. The molecule has 6 nitrogen and oxygen atoms in total. The highest BCUT2D eigenvalue weighted by Crippen LogP contribution is 2.28. The summed E-state index contributed by atoms with van der Waals surface area (Å²) in [4.78, 5) is 26.7. The van der Waals surface area contributed by atoms with E-state index in [0.717, 1.165) is 11.3 Å². The number of nitrogens with zero attached hydrogens (tertiary/aromatic N) is 2. The molecule has 1 aromatic heterocycles. The molecule has 0 spiro atoms. The third-order valence-corrected chi connectivity index (χ3v) is 4.58. The highest BCUT2D eigenvalue weighted by molar-refractivity contribution is 9.10. The van der Waals surface area contributed by atoms with Gasteiger partial charge in [0.2, 0.25) is 0 Å². The van der Waals surface area contributed by atoms with Crippen LogP contribution >= 0.6 is 27.3 Å². The molecule has 0 bridgehead atoms. The number of thiazole rings is 1. The lowest BCUT2D eigenvalue weighted by atomic mass is 10.2. The number of nitro groups is 1. The summed E-state index contributed by atoms with van der Waals surface area (Å²) in [6, 6.07) is 8.19. The summed E-state index contributed by atoms with van der Waals surface area (Å²) >= 11 is 4.18. The maximum atomic E-state index is 13.2. The number of carbonyl (C=O) groups is 1. The SMILES string of the molecule is O=C(Nc1nc2ccc(F)cc2s1)c1ccc(Br)c([N+](=O)[O-])c1. The van der Waals surface area contributed by atoms with E-state index in [2.05, 4.69) is 26.2 Å². The normalized spacial score (nSPS) is 10.7. The topological polar surface area (TPSA) is 85.1 Å². The Hall–Kier alpha value is -2.39. The highest BCUT2D eigenvalue weighted by Gasteiger charge is 2.17. The molecule has 0 aliphatic heterocycles. The summed E-state index contributed by atoms with van der Waals surface area (Å²) in [5.41, 5.74) is 0.489. The molecule has 0 atom stereocenters. The summed E-state index contributed by atoms with van der Waals surface area (Å²) in [6.07, 6.45) is 0. The maximum Gasteiger partial charge on any atom is 0.284 e. The van der Waals surface area contributed by atoms with Crippen LogP contribution < -0.4 is 5.32 Å². The number of fused-ring (bicyclic) bond motifs is 1. The standard InChI is InChI=1S/C14H7BrFN3O3S/c15-9-3-1-7(5-11(9)19(21)22)13(20)18-14-17-10-4-2-8(16)6-12(10)23-14/h1-6H,(H,17,18,20). The Labute approximate surface area is 141 Å². The van der Waals surface area contributed by atoms with E-state index >= 15 is 0 Å². The van der Waals surface area contributed by atoms with Crippen LogP contribution in [0.4, 0.5) is 15.2 Å². The van der Waals surface area contributed by atoms with Crippen LogP contribution in [0.1, 0.15) is 10.4 Å². The molecule has 1 N–H and O–H groups in total. The molecule has 0 saturated heterocycles. The largest absolute Gasteiger partial charge is 0.298 e. The number of nitrogens with one attached hydrogen (secondary N) is 1. The molecule has 0 aliphatic rings. The van der Waals surface area contributed by atoms with Crippen LogP contribution in [0.3, 0.4) is 0 Å². The Morgan fingerprint density at radius 3 is 2.83 bits per heavy atom. The number of benzene rings is 2. The van der Waals surface area contributed by atoms with Crippen LogP contribution in [-0.4, -0.2) is 15.8 Å². The zero-order valence-corrected chi connectivity index (χ0v) is 13.6. The number of rotatable bonds is 3. The van der Waals surface area contributed by atoms with Crippen LogP contribution in [0.2, 0.25) is 0 Å². The second-order valence-electron chi connectivity index (χ2n) is 4.51. The second kappa shape index (κ2) is 6.01. The van der Waals surface area contributed by atoms with Gasteiger partial charge in [0.15, 0.2) is 5.13 Å². The Morgan fingerprint density at radius 1 is 1.30 bits per heavy atom. The first kappa shape index (κ1) is 15.5. The Kier molecular flexibility index (Phi) is 4.05. The lowest BCUT2D eigenvalue weighted by Gasteiger charge is -2.02. The first-order valence-corrected chi connectivity index (χ1v) is 7.86. The van der Waals surface area contributed by atoms with E-state index in [1.165, 1.54) is 36.4 Å². The predicted molar refractivity (Wildman–Crippen MR) is 88.3 cm³/mol. The molecular weight excluding hydrogens is 389 g/mol. The van der Waals surface area contributed by atoms with Gasteiger partial charge in [-0.1, -0.05) is 11.3 Å². The molecule has 3 rings (SSSR count). The number of hydrogen-bond donors (Lipinski definition) is 1. The fourth-order valence-electron chi connectivity index (χ4n) is 1.92. The Bertz CT molecular complexity index is 944. The lowest BCUT2D eigenvalue weighted by molar-refractivity contribution is -0.385. The van der Waals surface area contributed by atoms with Crippen molar-refractivity contribution in [2.75, 3.05) is 5.32 Å². The van der Waals surface area contributed by atoms with Gasteiger partial charge in [-0.05, 0) is 46.3 Å². The molecule has 2 aromatic carbocycles.